The molecular weight excluding hydrogens is 313 g/mol. The second kappa shape index (κ2) is 6.43. The fourth-order valence-corrected chi connectivity index (χ4v) is 3.06. The van der Waals surface area contributed by atoms with Gasteiger partial charge in [0.15, 0.2) is 0 Å². The number of carboxylic acid groups (broad SMARTS) is 1. The lowest BCUT2D eigenvalue weighted by molar-refractivity contribution is -0.135. The molecule has 24 heavy (non-hydrogen) atoms. The number of hydrogen-bond acceptors (Lipinski definition) is 3. The quantitative estimate of drug-likeness (QED) is 0.897. The molecule has 0 bridgehead atoms. The highest BCUT2D eigenvalue weighted by molar-refractivity contribution is 5.88. The van der Waals surface area contributed by atoms with Crippen molar-refractivity contribution in [3.63, 3.8) is 0 Å². The van der Waals surface area contributed by atoms with Gasteiger partial charge in [-0.3, -0.25) is 4.79 Å². The maximum atomic E-state index is 13.8. The number of rotatable bonds is 4. The first-order valence-electron chi connectivity index (χ1n) is 7.76. The van der Waals surface area contributed by atoms with Crippen molar-refractivity contribution in [3.05, 3.63) is 52.9 Å². The van der Waals surface area contributed by atoms with Gasteiger partial charge in [0.05, 0.1) is 11.9 Å². The van der Waals surface area contributed by atoms with E-state index >= 15 is 0 Å². The molecule has 1 aliphatic rings. The van der Waals surface area contributed by atoms with E-state index in [-0.39, 0.29) is 17.4 Å². The van der Waals surface area contributed by atoms with E-state index in [2.05, 4.69) is 9.97 Å². The third kappa shape index (κ3) is 3.15. The molecule has 1 unspecified atom stereocenters. The lowest BCUT2D eigenvalue weighted by Crippen LogP contribution is -2.39. The summed E-state index contributed by atoms with van der Waals surface area (Å²) < 4.78 is 13.8. The van der Waals surface area contributed by atoms with Gasteiger partial charge in [0.2, 0.25) is 5.91 Å². The van der Waals surface area contributed by atoms with Gasteiger partial charge in [0, 0.05) is 37.3 Å². The van der Waals surface area contributed by atoms with Gasteiger partial charge in [-0.15, -0.1) is 0 Å². The van der Waals surface area contributed by atoms with E-state index in [1.54, 1.807) is 17.4 Å². The van der Waals surface area contributed by atoms with E-state index in [0.717, 1.165) is 11.3 Å². The normalized spacial score (nSPS) is 15.0. The third-order valence-corrected chi connectivity index (χ3v) is 4.35. The first kappa shape index (κ1) is 16.2. The maximum Gasteiger partial charge on any atom is 0.338 e. The average molecular weight is 331 g/mol. The van der Waals surface area contributed by atoms with Crippen molar-refractivity contribution in [1.29, 1.82) is 0 Å². The molecule has 0 aliphatic carbocycles. The van der Waals surface area contributed by atoms with E-state index in [0.29, 0.717) is 31.5 Å². The van der Waals surface area contributed by atoms with Crippen molar-refractivity contribution in [1.82, 2.24) is 14.9 Å². The summed E-state index contributed by atoms with van der Waals surface area (Å²) in [5, 5.41) is 9.04. The molecule has 0 radical (unpaired) electrons. The van der Waals surface area contributed by atoms with Crippen molar-refractivity contribution in [2.24, 2.45) is 5.92 Å². The van der Waals surface area contributed by atoms with Crippen molar-refractivity contribution >= 4 is 11.9 Å². The highest BCUT2D eigenvalue weighted by Crippen LogP contribution is 2.24. The lowest BCUT2D eigenvalue weighted by atomic mass is 9.95. The molecule has 7 heteroatoms. The fourth-order valence-electron chi connectivity index (χ4n) is 3.06. The van der Waals surface area contributed by atoms with Crippen molar-refractivity contribution in [2.45, 2.75) is 26.3 Å². The second-order valence-electron chi connectivity index (χ2n) is 6.10. The molecular formula is C17H18FN3O3. The molecule has 126 valence electrons. The van der Waals surface area contributed by atoms with Gasteiger partial charge in [-0.2, -0.15) is 0 Å². The summed E-state index contributed by atoms with van der Waals surface area (Å²) in [6.45, 7) is 2.67. The Balaban J connectivity index is 1.75. The van der Waals surface area contributed by atoms with Gasteiger partial charge in [0.25, 0.3) is 0 Å². The van der Waals surface area contributed by atoms with Gasteiger partial charge in [-0.25, -0.2) is 14.2 Å². The Morgan fingerprint density at radius 3 is 2.88 bits per heavy atom. The number of nitrogens with one attached hydrogen (secondary N) is 1. The van der Waals surface area contributed by atoms with Gasteiger partial charge < -0.3 is 15.0 Å². The molecule has 2 aromatic rings. The number of halogens is 1. The van der Waals surface area contributed by atoms with E-state index in [4.69, 9.17) is 5.11 Å². The molecule has 0 spiro atoms. The standard InChI is InChI=1S/C17H18FN3O3/c1-10(4-13-7-19-9-20-13)16(22)21-3-2-11-6-15(18)14(17(23)24)5-12(11)8-21/h5-7,9-10H,2-4,8H2,1H3,(H,19,20)(H,23,24). The predicted molar refractivity (Wildman–Crippen MR) is 83.9 cm³/mol. The lowest BCUT2D eigenvalue weighted by Gasteiger charge is -2.31. The van der Waals surface area contributed by atoms with E-state index in [1.807, 2.05) is 6.92 Å². The molecule has 0 saturated heterocycles. The van der Waals surface area contributed by atoms with E-state index < -0.39 is 11.8 Å². The van der Waals surface area contributed by atoms with E-state index in [1.165, 1.54) is 12.1 Å². The Morgan fingerprint density at radius 2 is 2.21 bits per heavy atom. The zero-order valence-corrected chi connectivity index (χ0v) is 13.3. The van der Waals surface area contributed by atoms with Gasteiger partial charge in [0.1, 0.15) is 5.82 Å². The van der Waals surface area contributed by atoms with Crippen LogP contribution in [0.1, 0.15) is 34.1 Å². The zero-order valence-electron chi connectivity index (χ0n) is 13.3. The first-order valence-corrected chi connectivity index (χ1v) is 7.76. The molecule has 1 aliphatic heterocycles. The molecule has 1 amide bonds. The molecule has 1 aromatic carbocycles. The average Bonchev–Trinajstić information content (AvgIpc) is 3.05. The van der Waals surface area contributed by atoms with Gasteiger partial charge in [-0.1, -0.05) is 6.92 Å². The van der Waals surface area contributed by atoms with Crippen LogP contribution >= 0.6 is 0 Å². The predicted octanol–water partition coefficient (Wildman–Crippen LogP) is 2.01. The van der Waals surface area contributed by atoms with Crippen LogP contribution in [-0.4, -0.2) is 38.4 Å². The zero-order chi connectivity index (χ0) is 17.3. The maximum absolute atomic E-state index is 13.8. The minimum atomic E-state index is -1.30. The number of aromatic amines is 1. The number of carbonyl (C=O) groups is 2. The number of amides is 1. The Hall–Kier alpha value is -2.70. The molecule has 2 N–H and O–H groups in total. The summed E-state index contributed by atoms with van der Waals surface area (Å²) in [5.41, 5.74) is 2.00. The minimum absolute atomic E-state index is 0.00329. The molecule has 6 nitrogen and oxygen atoms in total. The SMILES string of the molecule is CC(Cc1cnc[nH]1)C(=O)N1CCc2cc(F)c(C(=O)O)cc2C1. The Labute approximate surface area is 138 Å². The summed E-state index contributed by atoms with van der Waals surface area (Å²) >= 11 is 0. The third-order valence-electron chi connectivity index (χ3n) is 4.35. The van der Waals surface area contributed by atoms with Crippen LogP contribution in [0.25, 0.3) is 0 Å². The Bertz CT molecular complexity index is 774. The second-order valence-corrected chi connectivity index (χ2v) is 6.10. The molecule has 1 aromatic heterocycles. The van der Waals surface area contributed by atoms with Crippen molar-refractivity contribution < 1.29 is 19.1 Å². The van der Waals surface area contributed by atoms with Crippen LogP contribution in [0.2, 0.25) is 0 Å². The molecule has 3 rings (SSSR count). The number of fused-ring (bicyclic) bond motifs is 1. The Morgan fingerprint density at radius 1 is 1.42 bits per heavy atom. The summed E-state index contributed by atoms with van der Waals surface area (Å²) in [6, 6.07) is 2.61. The molecule has 2 heterocycles. The summed E-state index contributed by atoms with van der Waals surface area (Å²) in [4.78, 5) is 32.3. The minimum Gasteiger partial charge on any atom is -0.478 e. The first-order chi connectivity index (χ1) is 11.5. The van der Waals surface area contributed by atoms with Crippen LogP contribution in [0, 0.1) is 11.7 Å². The molecule has 0 fully saturated rings. The summed E-state index contributed by atoms with van der Waals surface area (Å²) in [6.07, 6.45) is 4.35. The number of aromatic carboxylic acids is 1. The monoisotopic (exact) mass is 331 g/mol. The van der Waals surface area contributed by atoms with Crippen LogP contribution in [-0.2, 0) is 24.2 Å². The number of hydrogen-bond donors (Lipinski definition) is 2. The number of carboxylic acids is 1. The summed E-state index contributed by atoms with van der Waals surface area (Å²) in [7, 11) is 0. The highest BCUT2D eigenvalue weighted by Gasteiger charge is 2.26. The van der Waals surface area contributed by atoms with Gasteiger partial charge in [-0.05, 0) is 29.7 Å². The largest absolute Gasteiger partial charge is 0.478 e. The van der Waals surface area contributed by atoms with Crippen LogP contribution in [0.3, 0.4) is 0 Å². The number of carbonyl (C=O) groups excluding carboxylic acids is 1. The van der Waals surface area contributed by atoms with Crippen molar-refractivity contribution in [2.75, 3.05) is 6.54 Å². The van der Waals surface area contributed by atoms with Crippen molar-refractivity contribution in [3.8, 4) is 0 Å². The highest BCUT2D eigenvalue weighted by atomic mass is 19.1. The van der Waals surface area contributed by atoms with Crippen LogP contribution in [0.5, 0.6) is 0 Å². The number of imidazole rings is 1. The number of benzene rings is 1. The van der Waals surface area contributed by atoms with Crippen LogP contribution < -0.4 is 0 Å². The van der Waals surface area contributed by atoms with E-state index in [9.17, 15) is 14.0 Å². The topological polar surface area (TPSA) is 86.3 Å². The number of aromatic nitrogens is 2. The fraction of sp³-hybridized carbons (Fsp3) is 0.353. The Kier molecular flexibility index (Phi) is 4.33. The summed E-state index contributed by atoms with van der Waals surface area (Å²) in [5.74, 6) is -2.25. The van der Waals surface area contributed by atoms with Gasteiger partial charge >= 0.3 is 5.97 Å². The van der Waals surface area contributed by atoms with Crippen LogP contribution in [0.4, 0.5) is 4.39 Å². The smallest absolute Gasteiger partial charge is 0.338 e. The van der Waals surface area contributed by atoms with Crippen LogP contribution in [0.15, 0.2) is 24.7 Å². The number of H-pyrrole nitrogens is 1. The number of nitrogens with zero attached hydrogens (tertiary/aromatic N) is 2. The molecule has 1 atom stereocenters. The molecule has 0 saturated carbocycles.